The molecule has 0 radical (unpaired) electrons. The third-order valence-corrected chi connectivity index (χ3v) is 3.88. The van der Waals surface area contributed by atoms with Gasteiger partial charge in [0.15, 0.2) is 10.7 Å². The molecule has 0 aromatic carbocycles. The van der Waals surface area contributed by atoms with Gasteiger partial charge in [0.2, 0.25) is 0 Å². The van der Waals surface area contributed by atoms with Crippen LogP contribution in [0.3, 0.4) is 0 Å². The number of carbonyl (C=O) groups is 1. The smallest absolute Gasteiger partial charge is 0.193 e. The van der Waals surface area contributed by atoms with Crippen LogP contribution in [-0.4, -0.2) is 29.8 Å². The molecule has 4 heterocycles. The van der Waals surface area contributed by atoms with Crippen molar-refractivity contribution in [3.8, 4) is 0 Å². The lowest BCUT2D eigenvalue weighted by Gasteiger charge is -1.96. The highest BCUT2D eigenvalue weighted by atomic mass is 32.1. The molecule has 0 aliphatic rings. The molecular weight excluding hydrogens is 274 g/mol. The van der Waals surface area contributed by atoms with E-state index in [1.165, 1.54) is 0 Å². The Morgan fingerprint density at radius 2 is 2.25 bits per heavy atom. The Morgan fingerprint density at radius 1 is 1.30 bits per heavy atom. The summed E-state index contributed by atoms with van der Waals surface area (Å²) in [4.78, 5) is 21.7. The molecule has 0 fully saturated rings. The minimum absolute atomic E-state index is 0.00115. The standard InChI is InChI=1S/C13H9N5OS/c19-12(5-9-8-17-3-4-20-13(17)16-9)10-6-15-18-2-1-14-7-11(10)18/h1-4,6-8H,5H2. The third-order valence-electron chi connectivity index (χ3n) is 3.11. The van der Waals surface area contributed by atoms with Crippen LogP contribution in [0.1, 0.15) is 16.1 Å². The van der Waals surface area contributed by atoms with Crippen molar-refractivity contribution in [1.29, 1.82) is 0 Å². The molecule has 4 aromatic heterocycles. The van der Waals surface area contributed by atoms with E-state index in [0.717, 1.165) is 16.2 Å². The van der Waals surface area contributed by atoms with E-state index in [-0.39, 0.29) is 12.2 Å². The predicted molar refractivity (Wildman–Crippen MR) is 74.1 cm³/mol. The number of nitrogens with zero attached hydrogens (tertiary/aromatic N) is 5. The second kappa shape index (κ2) is 4.24. The number of aromatic nitrogens is 5. The fraction of sp³-hybridized carbons (Fsp3) is 0.0769. The van der Waals surface area contributed by atoms with E-state index >= 15 is 0 Å². The maximum Gasteiger partial charge on any atom is 0.193 e. The Bertz CT molecular complexity index is 890. The van der Waals surface area contributed by atoms with Gasteiger partial charge in [-0.2, -0.15) is 5.10 Å². The number of hydrogen-bond donors (Lipinski definition) is 0. The van der Waals surface area contributed by atoms with Crippen LogP contribution in [0, 0.1) is 0 Å². The van der Waals surface area contributed by atoms with Gasteiger partial charge < -0.3 is 0 Å². The topological polar surface area (TPSA) is 64.6 Å². The lowest BCUT2D eigenvalue weighted by molar-refractivity contribution is 0.0993. The summed E-state index contributed by atoms with van der Waals surface area (Å²) in [7, 11) is 0. The maximum absolute atomic E-state index is 12.4. The first kappa shape index (κ1) is 11.3. The quantitative estimate of drug-likeness (QED) is 0.538. The van der Waals surface area contributed by atoms with Crippen LogP contribution in [0.25, 0.3) is 10.5 Å². The van der Waals surface area contributed by atoms with Crippen molar-refractivity contribution >= 4 is 27.6 Å². The van der Waals surface area contributed by atoms with Gasteiger partial charge in [0, 0.05) is 30.2 Å². The highest BCUT2D eigenvalue weighted by Gasteiger charge is 2.15. The van der Waals surface area contributed by atoms with Crippen LogP contribution in [-0.2, 0) is 6.42 Å². The Morgan fingerprint density at radius 3 is 3.15 bits per heavy atom. The highest BCUT2D eigenvalue weighted by Crippen LogP contribution is 2.15. The number of imidazole rings is 1. The molecule has 4 rings (SSSR count). The number of thiazole rings is 1. The first-order valence-electron chi connectivity index (χ1n) is 6.03. The third kappa shape index (κ3) is 1.71. The molecule has 0 atom stereocenters. The summed E-state index contributed by atoms with van der Waals surface area (Å²) in [5, 5.41) is 6.11. The summed E-state index contributed by atoms with van der Waals surface area (Å²) in [6, 6.07) is 0. The van der Waals surface area contributed by atoms with E-state index in [1.807, 2.05) is 22.2 Å². The van der Waals surface area contributed by atoms with Gasteiger partial charge in [0.05, 0.1) is 35.6 Å². The molecule has 0 N–H and O–H groups in total. The summed E-state index contributed by atoms with van der Waals surface area (Å²) in [5.41, 5.74) is 2.07. The summed E-state index contributed by atoms with van der Waals surface area (Å²) < 4.78 is 3.57. The lowest BCUT2D eigenvalue weighted by atomic mass is 10.1. The van der Waals surface area contributed by atoms with Crippen LogP contribution in [0.5, 0.6) is 0 Å². The molecular formula is C13H9N5OS. The van der Waals surface area contributed by atoms with Crippen molar-refractivity contribution in [3.05, 3.63) is 53.8 Å². The van der Waals surface area contributed by atoms with E-state index in [9.17, 15) is 4.79 Å². The van der Waals surface area contributed by atoms with Crippen LogP contribution >= 0.6 is 11.3 Å². The Kier molecular flexibility index (Phi) is 2.40. The van der Waals surface area contributed by atoms with Crippen LogP contribution in [0.4, 0.5) is 0 Å². The van der Waals surface area contributed by atoms with Crippen molar-refractivity contribution in [2.45, 2.75) is 6.42 Å². The van der Waals surface area contributed by atoms with Gasteiger partial charge in [-0.15, -0.1) is 11.3 Å². The molecule has 0 bridgehead atoms. The minimum atomic E-state index is -0.00115. The summed E-state index contributed by atoms with van der Waals surface area (Å²) in [6.45, 7) is 0. The van der Waals surface area contributed by atoms with Crippen molar-refractivity contribution in [2.75, 3.05) is 0 Å². The first-order chi connectivity index (χ1) is 9.81. The molecule has 0 saturated heterocycles. The van der Waals surface area contributed by atoms with Gasteiger partial charge in [0.1, 0.15) is 0 Å². The highest BCUT2D eigenvalue weighted by molar-refractivity contribution is 7.15. The summed E-state index contributed by atoms with van der Waals surface area (Å²) in [5.74, 6) is -0.00115. The Labute approximate surface area is 117 Å². The summed E-state index contributed by atoms with van der Waals surface area (Å²) >= 11 is 1.55. The van der Waals surface area contributed by atoms with E-state index in [4.69, 9.17) is 0 Å². The van der Waals surface area contributed by atoms with Gasteiger partial charge in [0.25, 0.3) is 0 Å². The van der Waals surface area contributed by atoms with Crippen LogP contribution in [0.2, 0.25) is 0 Å². The average molecular weight is 283 g/mol. The van der Waals surface area contributed by atoms with E-state index in [0.29, 0.717) is 5.56 Å². The zero-order chi connectivity index (χ0) is 13.5. The molecule has 0 unspecified atom stereocenters. The van der Waals surface area contributed by atoms with Crippen molar-refractivity contribution in [1.82, 2.24) is 24.0 Å². The number of carbonyl (C=O) groups excluding carboxylic acids is 1. The molecule has 6 nitrogen and oxygen atoms in total. The van der Waals surface area contributed by atoms with Crippen molar-refractivity contribution in [3.63, 3.8) is 0 Å². The van der Waals surface area contributed by atoms with Gasteiger partial charge in [-0.05, 0) is 0 Å². The van der Waals surface area contributed by atoms with Crippen LogP contribution < -0.4 is 0 Å². The Balaban J connectivity index is 1.68. The van der Waals surface area contributed by atoms with Gasteiger partial charge in [-0.3, -0.25) is 14.2 Å². The number of fused-ring (bicyclic) bond motifs is 2. The molecule has 98 valence electrons. The van der Waals surface area contributed by atoms with E-state index < -0.39 is 0 Å². The normalized spacial score (nSPS) is 11.4. The largest absolute Gasteiger partial charge is 0.297 e. The molecule has 0 spiro atoms. The van der Waals surface area contributed by atoms with Gasteiger partial charge in [-0.1, -0.05) is 0 Å². The number of rotatable bonds is 3. The first-order valence-corrected chi connectivity index (χ1v) is 6.91. The fourth-order valence-electron chi connectivity index (χ4n) is 2.17. The summed E-state index contributed by atoms with van der Waals surface area (Å²) in [6.07, 6.45) is 10.7. The lowest BCUT2D eigenvalue weighted by Crippen LogP contribution is -2.03. The van der Waals surface area contributed by atoms with Crippen molar-refractivity contribution in [2.24, 2.45) is 0 Å². The molecule has 0 aliphatic carbocycles. The number of ketones is 1. The zero-order valence-electron chi connectivity index (χ0n) is 10.3. The average Bonchev–Trinajstić information content (AvgIpc) is 3.10. The predicted octanol–water partition coefficient (Wildman–Crippen LogP) is 1.86. The monoisotopic (exact) mass is 283 g/mol. The maximum atomic E-state index is 12.4. The SMILES string of the molecule is O=C(Cc1cn2ccsc2n1)c1cnn2ccncc12. The van der Waals surface area contributed by atoms with Crippen molar-refractivity contribution < 1.29 is 4.79 Å². The second-order valence-corrected chi connectivity index (χ2v) is 5.26. The molecule has 20 heavy (non-hydrogen) atoms. The minimum Gasteiger partial charge on any atom is -0.297 e. The van der Waals surface area contributed by atoms with Gasteiger partial charge in [-0.25, -0.2) is 9.50 Å². The van der Waals surface area contributed by atoms with Gasteiger partial charge >= 0.3 is 0 Å². The van der Waals surface area contributed by atoms with Crippen LogP contribution in [0.15, 0.2) is 42.6 Å². The molecule has 7 heteroatoms. The second-order valence-electron chi connectivity index (χ2n) is 4.39. The van der Waals surface area contributed by atoms with E-state index in [2.05, 4.69) is 15.1 Å². The zero-order valence-corrected chi connectivity index (χ0v) is 11.1. The molecule has 4 aromatic rings. The molecule has 0 saturated carbocycles. The number of Topliss-reactive ketones (excluding diaryl/α,β-unsaturated/α-hetero) is 1. The fourth-order valence-corrected chi connectivity index (χ4v) is 2.89. The van der Waals surface area contributed by atoms with E-state index in [1.54, 1.807) is 40.6 Å². The Hall–Kier alpha value is -2.54. The molecule has 0 aliphatic heterocycles. The number of hydrogen-bond acceptors (Lipinski definition) is 5. The molecule has 0 amide bonds.